The minimum Gasteiger partial charge on any atom is -0.487 e. The van der Waals surface area contributed by atoms with Crippen molar-refractivity contribution in [2.45, 2.75) is 50.1 Å². The van der Waals surface area contributed by atoms with Crippen molar-refractivity contribution in [3.63, 3.8) is 0 Å². The van der Waals surface area contributed by atoms with E-state index >= 15 is 0 Å². The molecule has 9 heteroatoms. The molecular weight excluding hydrogens is 410 g/mol. The van der Waals surface area contributed by atoms with Crippen molar-refractivity contribution in [2.24, 2.45) is 5.29 Å². The topological polar surface area (TPSA) is 91.6 Å². The fourth-order valence-electron chi connectivity index (χ4n) is 4.11. The van der Waals surface area contributed by atoms with Crippen molar-refractivity contribution < 1.29 is 28.5 Å². The van der Waals surface area contributed by atoms with Crippen LogP contribution in [0.2, 0.25) is 0 Å². The van der Waals surface area contributed by atoms with Gasteiger partial charge in [-0.05, 0) is 73.2 Å². The third kappa shape index (κ3) is 4.94. The van der Waals surface area contributed by atoms with E-state index in [4.69, 9.17) is 9.47 Å². The molecule has 4 atom stereocenters. The molecule has 2 aliphatic rings. The van der Waals surface area contributed by atoms with Gasteiger partial charge in [0.15, 0.2) is 0 Å². The predicted octanol–water partition coefficient (Wildman–Crippen LogP) is 2.76. The minimum absolute atomic E-state index is 0.129. The second-order valence-corrected chi connectivity index (χ2v) is 7.98. The number of ether oxygens (including phenoxy) is 2. The molecule has 2 heterocycles. The number of aryl methyl sites for hydroxylation is 2. The van der Waals surface area contributed by atoms with Crippen LogP contribution in [-0.2, 0) is 12.8 Å². The van der Waals surface area contributed by atoms with E-state index in [0.717, 1.165) is 16.1 Å². The molecule has 2 N–H and O–H groups in total. The van der Waals surface area contributed by atoms with E-state index in [1.165, 1.54) is 36.4 Å². The number of aliphatic hydroxyl groups excluding tert-OH is 2. The monoisotopic (exact) mass is 434 g/mol. The third-order valence-corrected chi connectivity index (χ3v) is 5.77. The summed E-state index contributed by atoms with van der Waals surface area (Å²) in [6.07, 6.45) is -1.20. The first-order valence-corrected chi connectivity index (χ1v) is 10.3. The molecule has 0 saturated carbocycles. The molecule has 4 rings (SSSR count). The Hall–Kier alpha value is -2.78. The van der Waals surface area contributed by atoms with E-state index in [0.29, 0.717) is 37.2 Å². The Bertz CT molecular complexity index is 873. The fraction of sp³-hybridized carbons (Fsp3) is 0.455. The zero-order chi connectivity index (χ0) is 22.0. The van der Waals surface area contributed by atoms with Gasteiger partial charge in [-0.1, -0.05) is 0 Å². The molecule has 166 valence electrons. The van der Waals surface area contributed by atoms with Crippen molar-refractivity contribution >= 4 is 0 Å². The Morgan fingerprint density at radius 3 is 1.77 bits per heavy atom. The molecule has 0 aliphatic carbocycles. The van der Waals surface area contributed by atoms with E-state index in [2.05, 4.69) is 5.29 Å². The minimum atomic E-state index is -1.03. The largest absolute Gasteiger partial charge is 0.487 e. The van der Waals surface area contributed by atoms with Gasteiger partial charge in [0.05, 0.1) is 18.4 Å². The second-order valence-electron chi connectivity index (χ2n) is 7.98. The molecule has 0 saturated heterocycles. The van der Waals surface area contributed by atoms with Gasteiger partial charge in [0.1, 0.15) is 47.5 Å². The summed E-state index contributed by atoms with van der Waals surface area (Å²) in [6, 6.07) is 8.44. The highest BCUT2D eigenvalue weighted by molar-refractivity contribution is 5.36. The van der Waals surface area contributed by atoms with Gasteiger partial charge in [0.25, 0.3) is 0 Å². The van der Waals surface area contributed by atoms with Crippen LogP contribution in [0.15, 0.2) is 41.7 Å². The van der Waals surface area contributed by atoms with Gasteiger partial charge in [0, 0.05) is 0 Å². The summed E-state index contributed by atoms with van der Waals surface area (Å²) in [5.74, 6) is 0.329. The highest BCUT2D eigenvalue weighted by Gasteiger charge is 2.32. The van der Waals surface area contributed by atoms with Crippen LogP contribution in [-0.4, -0.2) is 52.7 Å². The van der Waals surface area contributed by atoms with Crippen LogP contribution < -0.4 is 9.47 Å². The summed E-state index contributed by atoms with van der Waals surface area (Å²) >= 11 is 0. The number of aliphatic hydroxyl groups is 2. The van der Waals surface area contributed by atoms with Gasteiger partial charge < -0.3 is 19.7 Å². The first-order valence-electron chi connectivity index (χ1n) is 10.3. The first-order chi connectivity index (χ1) is 14.9. The van der Waals surface area contributed by atoms with E-state index in [9.17, 15) is 23.9 Å². The Morgan fingerprint density at radius 2 is 1.35 bits per heavy atom. The quantitative estimate of drug-likeness (QED) is 0.514. The zero-order valence-corrected chi connectivity index (χ0v) is 16.8. The molecule has 0 spiro atoms. The van der Waals surface area contributed by atoms with E-state index in [-0.39, 0.29) is 24.7 Å². The lowest BCUT2D eigenvalue weighted by Gasteiger charge is -2.33. The van der Waals surface area contributed by atoms with Crippen molar-refractivity contribution in [1.29, 1.82) is 0 Å². The van der Waals surface area contributed by atoms with Crippen LogP contribution in [0, 0.1) is 16.5 Å². The van der Waals surface area contributed by atoms with Crippen LogP contribution in [0.25, 0.3) is 0 Å². The summed E-state index contributed by atoms with van der Waals surface area (Å²) in [7, 11) is 0. The molecule has 0 aromatic heterocycles. The van der Waals surface area contributed by atoms with Crippen LogP contribution >= 0.6 is 0 Å². The van der Waals surface area contributed by atoms with Gasteiger partial charge in [0.2, 0.25) is 0 Å². The molecule has 2 aliphatic heterocycles. The average Bonchev–Trinajstić information content (AvgIpc) is 2.77. The number of fused-ring (bicyclic) bond motifs is 2. The van der Waals surface area contributed by atoms with Crippen molar-refractivity contribution in [3.05, 3.63) is 64.1 Å². The van der Waals surface area contributed by atoms with Crippen LogP contribution in [0.4, 0.5) is 8.78 Å². The SMILES string of the molecule is O=NN(C[C@H](O)[C@@H]1CCc2cc(F)ccc2O1)C[C@H](O)[C@@H]1CCc2cc(F)ccc2O1. The Labute approximate surface area is 178 Å². The zero-order valence-electron chi connectivity index (χ0n) is 16.8. The Morgan fingerprint density at radius 1 is 0.903 bits per heavy atom. The lowest BCUT2D eigenvalue weighted by molar-refractivity contribution is -0.0275. The highest BCUT2D eigenvalue weighted by Crippen LogP contribution is 2.31. The molecule has 0 radical (unpaired) electrons. The van der Waals surface area contributed by atoms with Crippen molar-refractivity contribution in [3.8, 4) is 11.5 Å². The molecule has 7 nitrogen and oxygen atoms in total. The third-order valence-electron chi connectivity index (χ3n) is 5.77. The number of nitroso groups, excluding NO2 is 1. The first kappa shape index (κ1) is 21.5. The van der Waals surface area contributed by atoms with Crippen molar-refractivity contribution in [2.75, 3.05) is 13.1 Å². The molecule has 0 amide bonds. The van der Waals surface area contributed by atoms with E-state index in [1.807, 2.05) is 0 Å². The number of nitrogens with zero attached hydrogens (tertiary/aromatic N) is 2. The molecule has 0 fully saturated rings. The standard InChI is InChI=1S/C22H24F2N2O5/c23-15-3-7-19-13(9-15)1-5-21(30-19)17(27)11-26(25-29)12-18(28)22-6-2-14-10-16(24)4-8-20(14)31-22/h3-4,7-10,17-18,21-22,27-28H,1-2,5-6,11-12H2/t17-,18-,21-,22-/m0/s1. The van der Waals surface area contributed by atoms with E-state index < -0.39 is 24.4 Å². The highest BCUT2D eigenvalue weighted by atomic mass is 19.1. The number of halogens is 2. The Balaban J connectivity index is 1.32. The maximum atomic E-state index is 13.3. The number of rotatable bonds is 7. The van der Waals surface area contributed by atoms with Crippen LogP contribution in [0.1, 0.15) is 24.0 Å². The summed E-state index contributed by atoms with van der Waals surface area (Å²) in [5, 5.41) is 25.1. The lowest BCUT2D eigenvalue weighted by Crippen LogP contribution is -2.46. The second kappa shape index (κ2) is 9.15. The molecule has 0 unspecified atom stereocenters. The predicted molar refractivity (Wildman–Crippen MR) is 108 cm³/mol. The molecule has 0 bridgehead atoms. The van der Waals surface area contributed by atoms with Gasteiger partial charge in [-0.15, -0.1) is 4.91 Å². The molecule has 2 aromatic rings. The summed E-state index contributed by atoms with van der Waals surface area (Å²) in [5.41, 5.74) is 1.47. The van der Waals surface area contributed by atoms with Gasteiger partial charge in [-0.3, -0.25) is 5.01 Å². The van der Waals surface area contributed by atoms with Crippen molar-refractivity contribution in [1.82, 2.24) is 5.01 Å². The number of hydrogen-bond donors (Lipinski definition) is 2. The number of benzene rings is 2. The maximum absolute atomic E-state index is 13.3. The Kier molecular flexibility index (Phi) is 6.33. The smallest absolute Gasteiger partial charge is 0.127 e. The number of hydrogen-bond acceptors (Lipinski definition) is 6. The van der Waals surface area contributed by atoms with Gasteiger partial charge in [-0.25, -0.2) is 8.78 Å². The fourth-order valence-corrected chi connectivity index (χ4v) is 4.11. The maximum Gasteiger partial charge on any atom is 0.127 e. The van der Waals surface area contributed by atoms with Crippen LogP contribution in [0.5, 0.6) is 11.5 Å². The lowest BCUT2D eigenvalue weighted by atomic mass is 9.98. The van der Waals surface area contributed by atoms with Gasteiger partial charge >= 0.3 is 0 Å². The molecule has 2 aromatic carbocycles. The van der Waals surface area contributed by atoms with Gasteiger partial charge in [-0.2, -0.15) is 0 Å². The van der Waals surface area contributed by atoms with Crippen LogP contribution in [0.3, 0.4) is 0 Å². The summed E-state index contributed by atoms with van der Waals surface area (Å²) < 4.78 is 38.2. The molecule has 31 heavy (non-hydrogen) atoms. The summed E-state index contributed by atoms with van der Waals surface area (Å²) in [4.78, 5) is 11.3. The van der Waals surface area contributed by atoms with E-state index in [1.54, 1.807) is 0 Å². The average molecular weight is 434 g/mol. The normalized spacial score (nSPS) is 21.7. The summed E-state index contributed by atoms with van der Waals surface area (Å²) in [6.45, 7) is -0.257. The molecular formula is C22H24F2N2O5.